The number of imidazole rings is 2. The zero-order valence-corrected chi connectivity index (χ0v) is 32.2. The molecule has 0 saturated carbocycles. The van der Waals surface area contributed by atoms with Crippen LogP contribution in [0.15, 0.2) is 73.6 Å². The Hall–Kier alpha value is -4.99. The molecule has 12 nitrogen and oxygen atoms in total. The number of nitrogens with one attached hydrogen (secondary N) is 1. The smallest absolute Gasteiger partial charge is 0.334 e. The second-order valence-corrected chi connectivity index (χ2v) is 16.0. The first-order valence-electron chi connectivity index (χ1n) is 18.1. The molecule has 1 N–H and O–H groups in total. The van der Waals surface area contributed by atoms with Crippen molar-refractivity contribution >= 4 is 55.1 Å². The third-order valence-electron chi connectivity index (χ3n) is 10.7. The van der Waals surface area contributed by atoms with E-state index in [0.29, 0.717) is 5.92 Å². The molecule has 284 valence electrons. The Bertz CT molecular complexity index is 2400. The first kappa shape index (κ1) is 37.3. The van der Waals surface area contributed by atoms with Crippen molar-refractivity contribution in [2.24, 2.45) is 14.1 Å². The summed E-state index contributed by atoms with van der Waals surface area (Å²) >= 11 is 0. The van der Waals surface area contributed by atoms with Gasteiger partial charge in [-0.3, -0.25) is 0 Å². The van der Waals surface area contributed by atoms with Crippen molar-refractivity contribution in [2.75, 3.05) is 50.1 Å². The average Bonchev–Trinajstić information content (AvgIpc) is 3.70. The van der Waals surface area contributed by atoms with Gasteiger partial charge in [0.1, 0.15) is 22.7 Å². The topological polar surface area (TPSA) is 117 Å². The molecule has 2 fully saturated rings. The molecular formula is C39H46F2N10O2S. The molecule has 2 aliphatic heterocycles. The summed E-state index contributed by atoms with van der Waals surface area (Å²) in [6, 6.07) is 16.9. The van der Waals surface area contributed by atoms with Gasteiger partial charge in [-0.2, -0.15) is 13.1 Å². The first-order chi connectivity index (χ1) is 25.9. The van der Waals surface area contributed by atoms with Crippen molar-refractivity contribution < 1.29 is 17.2 Å². The molecule has 54 heavy (non-hydrogen) atoms. The lowest BCUT2D eigenvalue weighted by atomic mass is 9.91. The zero-order chi connectivity index (χ0) is 38.3. The van der Waals surface area contributed by atoms with Gasteiger partial charge in [0.15, 0.2) is 0 Å². The molecule has 0 atom stereocenters. The molecule has 6 aromatic rings. The molecule has 2 saturated heterocycles. The Morgan fingerprint density at radius 3 is 1.61 bits per heavy atom. The van der Waals surface area contributed by atoms with Crippen molar-refractivity contribution in [1.29, 1.82) is 0 Å². The number of hydrogen-bond donors (Lipinski definition) is 1. The van der Waals surface area contributed by atoms with Crippen molar-refractivity contribution in [3.63, 3.8) is 0 Å². The summed E-state index contributed by atoms with van der Waals surface area (Å²) in [7, 11) is 3.48. The fourth-order valence-electron chi connectivity index (χ4n) is 7.09. The van der Waals surface area contributed by atoms with E-state index in [0.717, 1.165) is 80.8 Å². The number of nitrogens with zero attached hydrogens (tertiary/aromatic N) is 9. The number of halogens is 2. The van der Waals surface area contributed by atoms with Gasteiger partial charge in [0.25, 0.3) is 10.0 Å². The van der Waals surface area contributed by atoms with E-state index in [9.17, 15) is 17.2 Å². The van der Waals surface area contributed by atoms with Crippen LogP contribution in [0.5, 0.6) is 0 Å². The molecule has 4 aromatic heterocycles. The SMILES string of the molecule is CCc1cc(C2CN(S(=O)(=O)C(F)F)C2)ccc1N(C)c1cc2c(cn1)ncn2C.CCc1cc(C2CNC2)ccc1N(C)c1cc2c(cn1)ncn2C. The maximum atomic E-state index is 12.7. The quantitative estimate of drug-likeness (QED) is 0.174. The number of aryl methyl sites for hydroxylation is 4. The molecule has 0 amide bonds. The van der Waals surface area contributed by atoms with Crippen LogP contribution in [0.4, 0.5) is 31.8 Å². The number of pyridine rings is 2. The highest BCUT2D eigenvalue weighted by atomic mass is 32.2. The zero-order valence-electron chi connectivity index (χ0n) is 31.4. The lowest BCUT2D eigenvalue weighted by Gasteiger charge is -2.38. The molecule has 2 aromatic carbocycles. The predicted octanol–water partition coefficient (Wildman–Crippen LogP) is 6.24. The number of fused-ring (bicyclic) bond motifs is 2. The molecule has 6 heterocycles. The van der Waals surface area contributed by atoms with Crippen LogP contribution in [0, 0.1) is 0 Å². The van der Waals surface area contributed by atoms with Crippen LogP contribution >= 0.6 is 0 Å². The molecule has 0 aliphatic carbocycles. The highest BCUT2D eigenvalue weighted by Crippen LogP contribution is 2.36. The maximum Gasteiger partial charge on any atom is 0.350 e. The molecule has 0 spiro atoms. The average molecular weight is 757 g/mol. The van der Waals surface area contributed by atoms with E-state index in [2.05, 4.69) is 68.4 Å². The Labute approximate surface area is 314 Å². The van der Waals surface area contributed by atoms with Gasteiger partial charge in [-0.15, -0.1) is 0 Å². The minimum atomic E-state index is -4.49. The third-order valence-corrected chi connectivity index (χ3v) is 12.2. The van der Waals surface area contributed by atoms with Crippen molar-refractivity contribution in [3.05, 3.63) is 95.8 Å². The van der Waals surface area contributed by atoms with Crippen LogP contribution < -0.4 is 15.1 Å². The lowest BCUT2D eigenvalue weighted by Crippen LogP contribution is -2.50. The number of anilines is 4. The molecule has 15 heteroatoms. The minimum absolute atomic E-state index is 0.0768. The fourth-order valence-corrected chi connectivity index (χ4v) is 8.09. The molecular weight excluding hydrogens is 711 g/mol. The van der Waals surface area contributed by atoms with E-state index in [1.807, 2.05) is 78.9 Å². The third kappa shape index (κ3) is 7.03. The Morgan fingerprint density at radius 2 is 1.20 bits per heavy atom. The molecule has 2 aliphatic rings. The second kappa shape index (κ2) is 15.0. The number of sulfonamides is 1. The molecule has 0 bridgehead atoms. The van der Waals surface area contributed by atoms with E-state index < -0.39 is 15.8 Å². The summed E-state index contributed by atoms with van der Waals surface area (Å²) in [6.45, 7) is 6.62. The van der Waals surface area contributed by atoms with Crippen LogP contribution in [0.3, 0.4) is 0 Å². The normalized spacial score (nSPS) is 15.3. The monoisotopic (exact) mass is 756 g/mol. The van der Waals surface area contributed by atoms with Gasteiger partial charge in [-0.05, 0) is 47.2 Å². The van der Waals surface area contributed by atoms with Gasteiger partial charge >= 0.3 is 5.76 Å². The largest absolute Gasteiger partial charge is 0.350 e. The van der Waals surface area contributed by atoms with Crippen molar-refractivity contribution in [2.45, 2.75) is 44.3 Å². The summed E-state index contributed by atoms with van der Waals surface area (Å²) < 4.78 is 53.3. The highest BCUT2D eigenvalue weighted by molar-refractivity contribution is 7.89. The number of hydrogen-bond acceptors (Lipinski definition) is 9. The lowest BCUT2D eigenvalue weighted by molar-refractivity contribution is 0.193. The Morgan fingerprint density at radius 1 is 0.741 bits per heavy atom. The predicted molar refractivity (Wildman–Crippen MR) is 210 cm³/mol. The Balaban J connectivity index is 0.000000171. The van der Waals surface area contributed by atoms with Crippen molar-refractivity contribution in [1.82, 2.24) is 38.7 Å². The summed E-state index contributed by atoms with van der Waals surface area (Å²) in [6.07, 6.45) is 8.96. The van der Waals surface area contributed by atoms with Gasteiger partial charge < -0.3 is 24.3 Å². The number of alkyl halides is 2. The first-order valence-corrected chi connectivity index (χ1v) is 19.6. The molecule has 0 radical (unpaired) electrons. The van der Waals surface area contributed by atoms with Gasteiger partial charge in [0.05, 0.1) is 36.1 Å². The standard InChI is InChI=1S/C20H23F2N5O2S.C19H23N5/c1-4-13-7-14(15-10-27(11-15)30(28,29)20(21)22)5-6-17(13)26(3)19-8-18-16(9-23-19)24-12-25(18)2;1-4-13-7-14(15-9-20-10-15)5-6-17(13)24(3)19-8-18-16(11-21-19)22-12-23(18)2/h5-9,12,15,20H,4,10-11H2,1-3H3;5-8,11-12,15,20H,4,9-10H2,1-3H3. The van der Waals surface area contributed by atoms with Crippen LogP contribution in [0.25, 0.3) is 22.1 Å². The molecule has 8 rings (SSSR count). The van der Waals surface area contributed by atoms with E-state index in [1.54, 1.807) is 12.5 Å². The summed E-state index contributed by atoms with van der Waals surface area (Å²) in [5, 5.41) is 3.35. The highest BCUT2D eigenvalue weighted by Gasteiger charge is 2.41. The number of benzene rings is 2. The van der Waals surface area contributed by atoms with E-state index in [4.69, 9.17) is 0 Å². The van der Waals surface area contributed by atoms with E-state index in [1.165, 1.54) is 16.8 Å². The van der Waals surface area contributed by atoms with E-state index in [-0.39, 0.29) is 19.0 Å². The fraction of sp³-hybridized carbons (Fsp3) is 0.385. The van der Waals surface area contributed by atoms with Gasteiger partial charge in [0, 0.05) is 89.7 Å². The van der Waals surface area contributed by atoms with Gasteiger partial charge in [-0.1, -0.05) is 38.1 Å². The van der Waals surface area contributed by atoms with Gasteiger partial charge in [0.2, 0.25) is 0 Å². The van der Waals surface area contributed by atoms with Crippen molar-refractivity contribution in [3.8, 4) is 0 Å². The number of rotatable bonds is 10. The Kier molecular flexibility index (Phi) is 10.4. The molecule has 0 unspecified atom stereocenters. The summed E-state index contributed by atoms with van der Waals surface area (Å²) in [5.74, 6) is -1.05. The van der Waals surface area contributed by atoms with Gasteiger partial charge in [-0.25, -0.2) is 28.4 Å². The second-order valence-electron chi connectivity index (χ2n) is 14.0. The van der Waals surface area contributed by atoms with Crippen LogP contribution in [0.1, 0.15) is 47.9 Å². The summed E-state index contributed by atoms with van der Waals surface area (Å²) in [5.41, 5.74) is 10.9. The minimum Gasteiger partial charge on any atom is -0.334 e. The van der Waals surface area contributed by atoms with Crippen LogP contribution in [-0.4, -0.2) is 87.8 Å². The number of aromatic nitrogens is 6. The van der Waals surface area contributed by atoms with Crippen LogP contribution in [-0.2, 0) is 37.0 Å². The maximum absolute atomic E-state index is 12.7. The van der Waals surface area contributed by atoms with Crippen LogP contribution in [0.2, 0.25) is 0 Å². The summed E-state index contributed by atoms with van der Waals surface area (Å²) in [4.78, 5) is 21.9. The van der Waals surface area contributed by atoms with E-state index >= 15 is 0 Å².